The van der Waals surface area contributed by atoms with Gasteiger partial charge in [0, 0.05) is 44.5 Å². The van der Waals surface area contributed by atoms with Crippen LogP contribution >= 0.6 is 11.3 Å². The average Bonchev–Trinajstić information content (AvgIpc) is 3.28. The van der Waals surface area contributed by atoms with Gasteiger partial charge in [-0.25, -0.2) is 15.0 Å². The van der Waals surface area contributed by atoms with E-state index in [1.54, 1.807) is 6.20 Å². The molecule has 1 amide bonds. The van der Waals surface area contributed by atoms with Crippen molar-refractivity contribution in [2.45, 2.75) is 19.3 Å². The van der Waals surface area contributed by atoms with Gasteiger partial charge in [-0.05, 0) is 36.8 Å². The predicted molar refractivity (Wildman–Crippen MR) is 101 cm³/mol. The van der Waals surface area contributed by atoms with E-state index in [-0.39, 0.29) is 5.91 Å². The van der Waals surface area contributed by atoms with Crippen molar-refractivity contribution in [1.29, 1.82) is 5.41 Å². The summed E-state index contributed by atoms with van der Waals surface area (Å²) < 4.78 is 0. The number of carbonyl (C=O) groups excluding carboxylic acids is 1. The van der Waals surface area contributed by atoms with Gasteiger partial charge in [0.25, 0.3) is 5.91 Å². The maximum Gasteiger partial charge on any atom is 0.283 e. The Balaban J connectivity index is 1.62. The molecular formula is C18H23N5OS. The second kappa shape index (κ2) is 6.38. The smallest absolute Gasteiger partial charge is 0.283 e. The molecule has 1 aliphatic carbocycles. The second-order valence-corrected chi connectivity index (χ2v) is 8.19. The summed E-state index contributed by atoms with van der Waals surface area (Å²) >= 11 is 1.40. The van der Waals surface area contributed by atoms with E-state index in [2.05, 4.69) is 9.99 Å². The third-order valence-corrected chi connectivity index (χ3v) is 6.48. The lowest BCUT2D eigenvalue weighted by Gasteiger charge is -2.27. The van der Waals surface area contributed by atoms with Crippen molar-refractivity contribution in [3.63, 3.8) is 0 Å². The van der Waals surface area contributed by atoms with E-state index < -0.39 is 0 Å². The number of hydrogen-bond acceptors (Lipinski definition) is 6. The Morgan fingerprint density at radius 3 is 2.72 bits per heavy atom. The predicted octanol–water partition coefficient (Wildman–Crippen LogP) is 3.06. The van der Waals surface area contributed by atoms with Crippen molar-refractivity contribution >= 4 is 39.5 Å². The van der Waals surface area contributed by atoms with E-state index in [1.807, 2.05) is 31.1 Å². The number of rotatable bonds is 4. The highest BCUT2D eigenvalue weighted by molar-refractivity contribution is 7.20. The standard InChI is InChI=1S/C18H23N5OS/c1-21(2)15-6-7-20-17-14(15)8-16(25-17)18(24)23(11-19)22-9-12-4-3-5-13(12)10-22/h6-8,11-13,19H,3-5,9-10H2,1-2H3. The Labute approximate surface area is 151 Å². The molecule has 2 unspecified atom stereocenters. The summed E-state index contributed by atoms with van der Waals surface area (Å²) in [5, 5.41) is 12.3. The maximum atomic E-state index is 13.0. The van der Waals surface area contributed by atoms with Crippen LogP contribution < -0.4 is 4.90 Å². The number of anilines is 1. The molecular weight excluding hydrogens is 334 g/mol. The zero-order valence-corrected chi connectivity index (χ0v) is 15.4. The summed E-state index contributed by atoms with van der Waals surface area (Å²) in [5.74, 6) is 1.24. The number of aromatic nitrogens is 1. The minimum atomic E-state index is -0.123. The molecule has 0 aromatic carbocycles. The average molecular weight is 357 g/mol. The van der Waals surface area contributed by atoms with E-state index in [4.69, 9.17) is 5.41 Å². The van der Waals surface area contributed by atoms with Crippen molar-refractivity contribution in [3.8, 4) is 0 Å². The van der Waals surface area contributed by atoms with Crippen LogP contribution in [0.1, 0.15) is 28.9 Å². The summed E-state index contributed by atoms with van der Waals surface area (Å²) in [6, 6.07) is 3.87. The topological polar surface area (TPSA) is 63.5 Å². The number of hydrogen-bond donors (Lipinski definition) is 1. The molecule has 2 atom stereocenters. The first kappa shape index (κ1) is 16.5. The fourth-order valence-corrected chi connectivity index (χ4v) is 5.14. The lowest BCUT2D eigenvalue weighted by molar-refractivity contribution is 0.0414. The number of nitrogens with zero attached hydrogens (tertiary/aromatic N) is 4. The Hall–Kier alpha value is -1.99. The monoisotopic (exact) mass is 357 g/mol. The maximum absolute atomic E-state index is 13.0. The summed E-state index contributed by atoms with van der Waals surface area (Å²) in [6.45, 7) is 1.77. The molecule has 0 spiro atoms. The van der Waals surface area contributed by atoms with Crippen molar-refractivity contribution in [2.75, 3.05) is 32.1 Å². The van der Waals surface area contributed by atoms with Gasteiger partial charge in [0.05, 0.1) is 4.88 Å². The molecule has 3 heterocycles. The van der Waals surface area contributed by atoms with Gasteiger partial charge < -0.3 is 4.90 Å². The van der Waals surface area contributed by atoms with Crippen LogP contribution in [0.5, 0.6) is 0 Å². The summed E-state index contributed by atoms with van der Waals surface area (Å²) in [7, 11) is 3.97. The highest BCUT2D eigenvalue weighted by Gasteiger charge is 2.39. The fourth-order valence-electron chi connectivity index (χ4n) is 4.19. The molecule has 25 heavy (non-hydrogen) atoms. The van der Waals surface area contributed by atoms with E-state index in [0.29, 0.717) is 16.7 Å². The van der Waals surface area contributed by atoms with Gasteiger partial charge >= 0.3 is 0 Å². The highest BCUT2D eigenvalue weighted by atomic mass is 32.1. The molecule has 7 heteroatoms. The van der Waals surface area contributed by atoms with Gasteiger partial charge in [0.2, 0.25) is 0 Å². The van der Waals surface area contributed by atoms with Gasteiger partial charge in [-0.2, -0.15) is 0 Å². The highest BCUT2D eigenvalue weighted by Crippen LogP contribution is 2.38. The van der Waals surface area contributed by atoms with Gasteiger partial charge in [0.1, 0.15) is 11.2 Å². The molecule has 1 N–H and O–H groups in total. The normalized spacial score (nSPS) is 23.0. The Morgan fingerprint density at radius 2 is 2.08 bits per heavy atom. The fraction of sp³-hybridized carbons (Fsp3) is 0.500. The Kier molecular flexibility index (Phi) is 4.21. The van der Waals surface area contributed by atoms with Crippen LogP contribution in [0.15, 0.2) is 18.3 Å². The third kappa shape index (κ3) is 2.81. The number of carbonyl (C=O) groups is 1. The van der Waals surface area contributed by atoms with Gasteiger partial charge in [-0.1, -0.05) is 6.42 Å². The summed E-state index contributed by atoms with van der Waals surface area (Å²) in [5.41, 5.74) is 1.05. The molecule has 1 saturated heterocycles. The van der Waals surface area contributed by atoms with Crippen LogP contribution in [0, 0.1) is 17.2 Å². The number of hydrazine groups is 1. The number of pyridine rings is 1. The lowest BCUT2D eigenvalue weighted by Crippen LogP contribution is -2.44. The number of nitrogens with one attached hydrogen (secondary N) is 1. The first-order valence-electron chi connectivity index (χ1n) is 8.73. The molecule has 2 aliphatic rings. The number of fused-ring (bicyclic) bond motifs is 2. The van der Waals surface area contributed by atoms with Crippen LogP contribution in [-0.2, 0) is 0 Å². The SMILES string of the molecule is CN(C)c1ccnc2sc(C(=O)N(C=N)N3CC4CCCC4C3)cc12. The van der Waals surface area contributed by atoms with Crippen molar-refractivity contribution in [2.24, 2.45) is 11.8 Å². The van der Waals surface area contributed by atoms with Crippen LogP contribution in [0.25, 0.3) is 10.2 Å². The molecule has 4 rings (SSSR count). The molecule has 132 valence electrons. The summed E-state index contributed by atoms with van der Waals surface area (Å²) in [6.07, 6.45) is 6.74. The van der Waals surface area contributed by atoms with E-state index >= 15 is 0 Å². The van der Waals surface area contributed by atoms with Gasteiger partial charge in [0.15, 0.2) is 0 Å². The van der Waals surface area contributed by atoms with Gasteiger partial charge in [-0.15, -0.1) is 11.3 Å². The molecule has 2 aromatic rings. The first-order chi connectivity index (χ1) is 12.1. The quantitative estimate of drug-likeness (QED) is 0.675. The van der Waals surface area contributed by atoms with Crippen LogP contribution in [-0.4, -0.2) is 54.4 Å². The first-order valence-corrected chi connectivity index (χ1v) is 9.55. The van der Waals surface area contributed by atoms with E-state index in [0.717, 1.165) is 35.3 Å². The number of thiophene rings is 1. The van der Waals surface area contributed by atoms with E-state index in [1.165, 1.54) is 35.6 Å². The number of amides is 1. The molecule has 6 nitrogen and oxygen atoms in total. The Bertz CT molecular complexity index is 805. The van der Waals surface area contributed by atoms with Crippen molar-refractivity contribution in [3.05, 3.63) is 23.2 Å². The lowest BCUT2D eigenvalue weighted by atomic mass is 10.0. The van der Waals surface area contributed by atoms with E-state index in [9.17, 15) is 4.79 Å². The zero-order valence-electron chi connectivity index (χ0n) is 14.6. The van der Waals surface area contributed by atoms with Crippen LogP contribution in [0.2, 0.25) is 0 Å². The summed E-state index contributed by atoms with van der Waals surface area (Å²) in [4.78, 5) is 21.0. The minimum absolute atomic E-state index is 0.123. The molecule has 0 bridgehead atoms. The second-order valence-electron chi connectivity index (χ2n) is 7.16. The van der Waals surface area contributed by atoms with Crippen LogP contribution in [0.4, 0.5) is 5.69 Å². The van der Waals surface area contributed by atoms with Crippen LogP contribution in [0.3, 0.4) is 0 Å². The van der Waals surface area contributed by atoms with Crippen molar-refractivity contribution < 1.29 is 4.79 Å². The molecule has 2 fully saturated rings. The molecule has 2 aromatic heterocycles. The molecule has 1 aliphatic heterocycles. The van der Waals surface area contributed by atoms with Gasteiger partial charge in [-0.3, -0.25) is 10.2 Å². The Morgan fingerprint density at radius 1 is 1.36 bits per heavy atom. The third-order valence-electron chi connectivity index (χ3n) is 5.45. The molecule has 0 radical (unpaired) electrons. The minimum Gasteiger partial charge on any atom is -0.377 e. The van der Waals surface area contributed by atoms with Crippen molar-refractivity contribution in [1.82, 2.24) is 15.0 Å². The zero-order chi connectivity index (χ0) is 17.6. The molecule has 1 saturated carbocycles. The largest absolute Gasteiger partial charge is 0.377 e.